The highest BCUT2D eigenvalue weighted by atomic mass is 16.5. The van der Waals surface area contributed by atoms with Gasteiger partial charge in [-0.05, 0) is 37.7 Å². The highest BCUT2D eigenvalue weighted by Crippen LogP contribution is 2.13. The van der Waals surface area contributed by atoms with Crippen molar-refractivity contribution in [3.8, 4) is 5.75 Å². The first kappa shape index (κ1) is 23.7. The Morgan fingerprint density at radius 1 is 1.10 bits per heavy atom. The van der Waals surface area contributed by atoms with E-state index < -0.39 is 0 Å². The highest BCUT2D eigenvalue weighted by molar-refractivity contribution is 5.79. The zero-order chi connectivity index (χ0) is 21.6. The quantitative estimate of drug-likeness (QED) is 0.386. The van der Waals surface area contributed by atoms with Crippen LogP contribution in [0.25, 0.3) is 0 Å². The number of aromatic nitrogens is 3. The van der Waals surface area contributed by atoms with Crippen LogP contribution in [0.4, 0.5) is 0 Å². The van der Waals surface area contributed by atoms with Gasteiger partial charge in [0.15, 0.2) is 5.96 Å². The van der Waals surface area contributed by atoms with Crippen LogP contribution in [0.15, 0.2) is 35.6 Å². The van der Waals surface area contributed by atoms with Crippen LogP contribution in [0.2, 0.25) is 0 Å². The van der Waals surface area contributed by atoms with Gasteiger partial charge in [0, 0.05) is 32.6 Å². The van der Waals surface area contributed by atoms with Crippen molar-refractivity contribution >= 4 is 5.96 Å². The zero-order valence-electron chi connectivity index (χ0n) is 18.9. The van der Waals surface area contributed by atoms with E-state index in [1.165, 1.54) is 0 Å². The SMILES string of the molecule is CCNC(=NCc1ccc(OCCN(CC)CC)cc1)NCCn1cnnc1CC. The fourth-order valence-electron chi connectivity index (χ4n) is 3.07. The van der Waals surface area contributed by atoms with Gasteiger partial charge in [0.05, 0.1) is 6.54 Å². The molecule has 0 amide bonds. The molecule has 0 aliphatic rings. The van der Waals surface area contributed by atoms with Crippen molar-refractivity contribution in [1.82, 2.24) is 30.3 Å². The van der Waals surface area contributed by atoms with E-state index in [1.54, 1.807) is 6.33 Å². The van der Waals surface area contributed by atoms with Crippen molar-refractivity contribution in [2.75, 3.05) is 39.3 Å². The molecule has 2 N–H and O–H groups in total. The van der Waals surface area contributed by atoms with E-state index in [0.717, 1.165) is 68.8 Å². The average Bonchev–Trinajstić information content (AvgIpc) is 3.23. The Kier molecular flexibility index (Phi) is 10.7. The maximum absolute atomic E-state index is 5.85. The Morgan fingerprint density at radius 2 is 1.87 bits per heavy atom. The first-order valence-electron chi connectivity index (χ1n) is 11.0. The number of aryl methyl sites for hydroxylation is 1. The minimum atomic E-state index is 0.613. The third kappa shape index (κ3) is 8.02. The second-order valence-corrected chi connectivity index (χ2v) is 6.94. The van der Waals surface area contributed by atoms with Gasteiger partial charge in [-0.3, -0.25) is 0 Å². The largest absolute Gasteiger partial charge is 0.492 e. The first-order valence-corrected chi connectivity index (χ1v) is 11.0. The fraction of sp³-hybridized carbons (Fsp3) is 0.591. The van der Waals surface area contributed by atoms with Crippen LogP contribution < -0.4 is 15.4 Å². The van der Waals surface area contributed by atoms with Gasteiger partial charge in [-0.25, -0.2) is 4.99 Å². The summed E-state index contributed by atoms with van der Waals surface area (Å²) >= 11 is 0. The van der Waals surface area contributed by atoms with Gasteiger partial charge in [0.2, 0.25) is 0 Å². The predicted molar refractivity (Wildman–Crippen MR) is 122 cm³/mol. The Labute approximate surface area is 180 Å². The van der Waals surface area contributed by atoms with Crippen LogP contribution in [0.1, 0.15) is 39.1 Å². The molecule has 1 heterocycles. The van der Waals surface area contributed by atoms with Crippen molar-refractivity contribution in [3.63, 3.8) is 0 Å². The van der Waals surface area contributed by atoms with Crippen LogP contribution >= 0.6 is 0 Å². The molecule has 0 fully saturated rings. The maximum atomic E-state index is 5.85. The molecule has 1 aromatic heterocycles. The smallest absolute Gasteiger partial charge is 0.191 e. The zero-order valence-corrected chi connectivity index (χ0v) is 18.9. The summed E-state index contributed by atoms with van der Waals surface area (Å²) in [5.41, 5.74) is 1.15. The monoisotopic (exact) mass is 415 g/mol. The number of likely N-dealkylation sites (N-methyl/N-ethyl adjacent to an activating group) is 1. The van der Waals surface area contributed by atoms with E-state index in [4.69, 9.17) is 4.74 Å². The van der Waals surface area contributed by atoms with Crippen molar-refractivity contribution in [1.29, 1.82) is 0 Å². The molecular weight excluding hydrogens is 378 g/mol. The van der Waals surface area contributed by atoms with E-state index in [-0.39, 0.29) is 0 Å². The lowest BCUT2D eigenvalue weighted by atomic mass is 10.2. The lowest BCUT2D eigenvalue weighted by molar-refractivity contribution is 0.223. The minimum absolute atomic E-state index is 0.613. The molecule has 8 nitrogen and oxygen atoms in total. The lowest BCUT2D eigenvalue weighted by Gasteiger charge is -2.18. The second-order valence-electron chi connectivity index (χ2n) is 6.94. The summed E-state index contributed by atoms with van der Waals surface area (Å²) < 4.78 is 7.92. The van der Waals surface area contributed by atoms with E-state index in [2.05, 4.69) is 75.1 Å². The van der Waals surface area contributed by atoms with Gasteiger partial charge in [0.1, 0.15) is 24.5 Å². The van der Waals surface area contributed by atoms with Crippen LogP contribution in [0, 0.1) is 0 Å². The molecule has 2 aromatic rings. The molecule has 166 valence electrons. The van der Waals surface area contributed by atoms with Gasteiger partial charge < -0.3 is 24.8 Å². The Balaban J connectivity index is 1.80. The standard InChI is InChI=1S/C22H37N7O/c1-5-21-27-26-18-29(21)14-13-24-22(23-6-2)25-17-19-9-11-20(12-10-19)30-16-15-28(7-3)8-4/h9-12,18H,5-8,13-17H2,1-4H3,(H2,23,24,25). The van der Waals surface area contributed by atoms with Crippen LogP contribution in [0.5, 0.6) is 5.75 Å². The van der Waals surface area contributed by atoms with Gasteiger partial charge in [0.25, 0.3) is 0 Å². The van der Waals surface area contributed by atoms with E-state index in [9.17, 15) is 0 Å². The van der Waals surface area contributed by atoms with Gasteiger partial charge >= 0.3 is 0 Å². The molecule has 0 atom stereocenters. The number of benzene rings is 1. The molecule has 30 heavy (non-hydrogen) atoms. The van der Waals surface area contributed by atoms with E-state index >= 15 is 0 Å². The number of ether oxygens (including phenoxy) is 1. The summed E-state index contributed by atoms with van der Waals surface area (Å²) in [6.45, 7) is 15.3. The summed E-state index contributed by atoms with van der Waals surface area (Å²) in [6.07, 6.45) is 2.65. The third-order valence-corrected chi connectivity index (χ3v) is 4.92. The number of aliphatic imine (C=N–C) groups is 1. The molecule has 0 unspecified atom stereocenters. The molecule has 2 rings (SSSR count). The lowest BCUT2D eigenvalue weighted by Crippen LogP contribution is -2.38. The summed E-state index contributed by atoms with van der Waals surface area (Å²) in [7, 11) is 0. The molecule has 1 aromatic carbocycles. The van der Waals surface area contributed by atoms with Crippen molar-refractivity contribution < 1.29 is 4.74 Å². The van der Waals surface area contributed by atoms with E-state index in [1.807, 2.05) is 12.1 Å². The van der Waals surface area contributed by atoms with Gasteiger partial charge in [-0.2, -0.15) is 0 Å². The Bertz CT molecular complexity index is 738. The molecule has 0 saturated carbocycles. The van der Waals surface area contributed by atoms with Crippen LogP contribution in [-0.2, 0) is 19.5 Å². The van der Waals surface area contributed by atoms with Crippen LogP contribution in [0.3, 0.4) is 0 Å². The van der Waals surface area contributed by atoms with Gasteiger partial charge in [-0.15, -0.1) is 10.2 Å². The fourth-order valence-corrected chi connectivity index (χ4v) is 3.07. The number of guanidine groups is 1. The molecule has 0 saturated heterocycles. The van der Waals surface area contributed by atoms with Crippen LogP contribution in [-0.4, -0.2) is 65.0 Å². The summed E-state index contributed by atoms with van der Waals surface area (Å²) in [5.74, 6) is 2.71. The Hall–Kier alpha value is -2.61. The predicted octanol–water partition coefficient (Wildman–Crippen LogP) is 2.32. The number of rotatable bonds is 13. The molecule has 0 aliphatic carbocycles. The normalized spacial score (nSPS) is 11.7. The molecule has 0 bridgehead atoms. The second kappa shape index (κ2) is 13.6. The molecular formula is C22H37N7O. The minimum Gasteiger partial charge on any atom is -0.492 e. The number of nitrogens with zero attached hydrogens (tertiary/aromatic N) is 5. The molecule has 0 radical (unpaired) electrons. The maximum Gasteiger partial charge on any atom is 0.191 e. The molecule has 0 aliphatic heterocycles. The van der Waals surface area contributed by atoms with Crippen molar-refractivity contribution in [3.05, 3.63) is 42.0 Å². The topological polar surface area (TPSA) is 79.6 Å². The highest BCUT2D eigenvalue weighted by Gasteiger charge is 2.03. The Morgan fingerprint density at radius 3 is 2.53 bits per heavy atom. The molecule has 8 heteroatoms. The third-order valence-electron chi connectivity index (χ3n) is 4.92. The number of hydrogen-bond acceptors (Lipinski definition) is 5. The summed E-state index contributed by atoms with van der Waals surface area (Å²) in [6, 6.07) is 8.19. The number of nitrogens with one attached hydrogen (secondary N) is 2. The van der Waals surface area contributed by atoms with Crippen molar-refractivity contribution in [2.24, 2.45) is 4.99 Å². The average molecular weight is 416 g/mol. The summed E-state index contributed by atoms with van der Waals surface area (Å²) in [5, 5.41) is 14.8. The van der Waals surface area contributed by atoms with Crippen molar-refractivity contribution in [2.45, 2.75) is 47.2 Å². The molecule has 0 spiro atoms. The number of hydrogen-bond donors (Lipinski definition) is 2. The summed E-state index contributed by atoms with van der Waals surface area (Å²) in [4.78, 5) is 7.04. The first-order chi connectivity index (χ1) is 14.7. The van der Waals surface area contributed by atoms with Gasteiger partial charge in [-0.1, -0.05) is 32.9 Å². The van der Waals surface area contributed by atoms with E-state index in [0.29, 0.717) is 13.2 Å².